The number of hydrogen-bond donors (Lipinski definition) is 1. The summed E-state index contributed by atoms with van der Waals surface area (Å²) in [5.74, 6) is -0.515. The quantitative estimate of drug-likeness (QED) is 0.668. The molecule has 1 N–H and O–H groups in total. The number of urea groups is 1. The number of hydrogen-bond acceptors (Lipinski definition) is 3. The number of nitrogens with one attached hydrogen (secondary N) is 1. The summed E-state index contributed by atoms with van der Waals surface area (Å²) in [6, 6.07) is 7.98. The molecule has 1 aromatic rings. The Hall–Kier alpha value is -2.09. The highest BCUT2D eigenvalue weighted by atomic mass is 19.4. The molecular weight excluding hydrogens is 301 g/mol. The van der Waals surface area contributed by atoms with Crippen molar-refractivity contribution in [3.63, 3.8) is 0 Å². The molecule has 1 aliphatic rings. The summed E-state index contributed by atoms with van der Waals surface area (Å²) in [5, 5.41) is 2.56. The van der Waals surface area contributed by atoms with Gasteiger partial charge >= 0.3 is 12.2 Å². The van der Waals surface area contributed by atoms with Gasteiger partial charge < -0.3 is 10.1 Å². The lowest BCUT2D eigenvalue weighted by molar-refractivity contribution is -0.174. The second-order valence-electron chi connectivity index (χ2n) is 5.05. The zero-order valence-electron chi connectivity index (χ0n) is 11.8. The number of alkyl halides is 3. The fourth-order valence-electron chi connectivity index (χ4n) is 2.21. The Morgan fingerprint density at radius 3 is 2.45 bits per heavy atom. The second kappa shape index (κ2) is 5.96. The largest absolute Gasteiger partial charge is 0.411 e. The molecule has 1 saturated heterocycles. The molecule has 3 amide bonds. The molecule has 1 fully saturated rings. The van der Waals surface area contributed by atoms with Gasteiger partial charge in [0, 0.05) is 0 Å². The first-order chi connectivity index (χ1) is 10.2. The van der Waals surface area contributed by atoms with E-state index in [-0.39, 0.29) is 13.2 Å². The van der Waals surface area contributed by atoms with Crippen LogP contribution in [0.15, 0.2) is 30.3 Å². The Labute approximate surface area is 125 Å². The highest BCUT2D eigenvalue weighted by Crippen LogP contribution is 2.28. The Kier molecular flexibility index (Phi) is 4.41. The fraction of sp³-hybridized carbons (Fsp3) is 0.429. The minimum absolute atomic E-state index is 0.233. The van der Waals surface area contributed by atoms with E-state index in [9.17, 15) is 22.8 Å². The van der Waals surface area contributed by atoms with Crippen molar-refractivity contribution >= 4 is 11.9 Å². The number of rotatable bonds is 5. The molecule has 1 heterocycles. The van der Waals surface area contributed by atoms with E-state index in [1.807, 2.05) is 0 Å². The lowest BCUT2D eigenvalue weighted by Gasteiger charge is -2.22. The van der Waals surface area contributed by atoms with Gasteiger partial charge in [0.25, 0.3) is 5.91 Å². The third kappa shape index (κ3) is 3.38. The van der Waals surface area contributed by atoms with Crippen LogP contribution in [-0.4, -0.2) is 42.8 Å². The van der Waals surface area contributed by atoms with Gasteiger partial charge in [-0.1, -0.05) is 30.3 Å². The Morgan fingerprint density at radius 2 is 1.86 bits per heavy atom. The molecule has 120 valence electrons. The van der Waals surface area contributed by atoms with Gasteiger partial charge in [0.15, 0.2) is 0 Å². The van der Waals surface area contributed by atoms with Gasteiger partial charge in [0.1, 0.15) is 12.1 Å². The average Bonchev–Trinajstić information content (AvgIpc) is 2.67. The third-order valence-corrected chi connectivity index (χ3v) is 3.35. The first-order valence-corrected chi connectivity index (χ1v) is 6.58. The van der Waals surface area contributed by atoms with Crippen LogP contribution in [0.25, 0.3) is 0 Å². The van der Waals surface area contributed by atoms with Gasteiger partial charge in [-0.2, -0.15) is 13.2 Å². The van der Waals surface area contributed by atoms with Gasteiger partial charge in [-0.25, -0.2) is 4.79 Å². The molecule has 0 spiro atoms. The number of amides is 3. The molecule has 1 unspecified atom stereocenters. The Bertz CT molecular complexity index is 562. The van der Waals surface area contributed by atoms with E-state index in [2.05, 4.69) is 10.1 Å². The molecule has 1 aromatic carbocycles. The van der Waals surface area contributed by atoms with Gasteiger partial charge in [-0.05, 0) is 12.5 Å². The standard InChI is InChI=1S/C14H15F3N2O3/c1-13(10-5-3-2-4-6-10)11(20)19(12(21)18-13)7-8-22-9-14(15,16)17/h2-6H,7-9H2,1H3,(H,18,21). The van der Waals surface area contributed by atoms with Crippen molar-refractivity contribution < 1.29 is 27.5 Å². The summed E-state index contributed by atoms with van der Waals surface area (Å²) in [6.07, 6.45) is -4.43. The van der Waals surface area contributed by atoms with Crippen molar-refractivity contribution in [2.75, 3.05) is 19.8 Å². The summed E-state index contributed by atoms with van der Waals surface area (Å²) in [5.41, 5.74) is -0.616. The van der Waals surface area contributed by atoms with Gasteiger partial charge in [0.2, 0.25) is 0 Å². The predicted molar refractivity (Wildman–Crippen MR) is 70.9 cm³/mol. The highest BCUT2D eigenvalue weighted by molar-refractivity contribution is 6.07. The van der Waals surface area contributed by atoms with Gasteiger partial charge in [0.05, 0.1) is 13.2 Å². The van der Waals surface area contributed by atoms with Crippen LogP contribution in [0.1, 0.15) is 12.5 Å². The van der Waals surface area contributed by atoms with E-state index >= 15 is 0 Å². The molecule has 5 nitrogen and oxygen atoms in total. The first-order valence-electron chi connectivity index (χ1n) is 6.58. The van der Waals surface area contributed by atoms with Crippen LogP contribution < -0.4 is 5.32 Å². The monoisotopic (exact) mass is 316 g/mol. The van der Waals surface area contributed by atoms with Crippen LogP contribution >= 0.6 is 0 Å². The summed E-state index contributed by atoms with van der Waals surface area (Å²) in [4.78, 5) is 25.1. The minimum Gasteiger partial charge on any atom is -0.370 e. The average molecular weight is 316 g/mol. The maximum absolute atomic E-state index is 12.4. The van der Waals surface area contributed by atoms with E-state index in [0.29, 0.717) is 5.56 Å². The number of benzene rings is 1. The normalized spacial score (nSPS) is 22.1. The van der Waals surface area contributed by atoms with E-state index in [0.717, 1.165) is 4.90 Å². The highest BCUT2D eigenvalue weighted by Gasteiger charge is 2.48. The molecule has 1 atom stereocenters. The first kappa shape index (κ1) is 16.3. The molecule has 2 rings (SSSR count). The summed E-state index contributed by atoms with van der Waals surface area (Å²) in [6.45, 7) is -0.460. The molecule has 1 aliphatic heterocycles. The van der Waals surface area contributed by atoms with Crippen LogP contribution in [0, 0.1) is 0 Å². The predicted octanol–water partition coefficient (Wildman–Crippen LogP) is 2.03. The van der Waals surface area contributed by atoms with Gasteiger partial charge in [-0.15, -0.1) is 0 Å². The summed E-state index contributed by atoms with van der Waals surface area (Å²) < 4.78 is 40.3. The zero-order valence-corrected chi connectivity index (χ0v) is 11.8. The van der Waals surface area contributed by atoms with Gasteiger partial charge in [-0.3, -0.25) is 9.69 Å². The topological polar surface area (TPSA) is 58.6 Å². The molecule has 0 radical (unpaired) electrons. The molecular formula is C14H15F3N2O3. The number of imide groups is 1. The van der Waals surface area contributed by atoms with Crippen LogP contribution in [0.3, 0.4) is 0 Å². The van der Waals surface area contributed by atoms with E-state index in [4.69, 9.17) is 0 Å². The maximum Gasteiger partial charge on any atom is 0.411 e. The summed E-state index contributed by atoms with van der Waals surface area (Å²) >= 11 is 0. The van der Waals surface area contributed by atoms with E-state index < -0.39 is 30.3 Å². The maximum atomic E-state index is 12.4. The number of nitrogens with zero attached hydrogens (tertiary/aromatic N) is 1. The third-order valence-electron chi connectivity index (χ3n) is 3.35. The smallest absolute Gasteiger partial charge is 0.370 e. The number of ether oxygens (including phenoxy) is 1. The van der Waals surface area contributed by atoms with Crippen LogP contribution in [0.2, 0.25) is 0 Å². The summed E-state index contributed by atoms with van der Waals surface area (Å²) in [7, 11) is 0. The van der Waals surface area contributed by atoms with Crippen molar-refractivity contribution in [1.29, 1.82) is 0 Å². The molecule has 22 heavy (non-hydrogen) atoms. The van der Waals surface area contributed by atoms with Crippen molar-refractivity contribution in [3.05, 3.63) is 35.9 Å². The van der Waals surface area contributed by atoms with E-state index in [1.54, 1.807) is 37.3 Å². The molecule has 0 saturated carbocycles. The van der Waals surface area contributed by atoms with Crippen molar-refractivity contribution in [1.82, 2.24) is 10.2 Å². The lowest BCUT2D eigenvalue weighted by Crippen LogP contribution is -2.41. The molecule has 8 heteroatoms. The number of carbonyl (C=O) groups is 2. The lowest BCUT2D eigenvalue weighted by atomic mass is 9.92. The van der Waals surface area contributed by atoms with Crippen LogP contribution in [0.4, 0.5) is 18.0 Å². The van der Waals surface area contributed by atoms with Crippen molar-refractivity contribution in [2.24, 2.45) is 0 Å². The van der Waals surface area contributed by atoms with Crippen LogP contribution in [-0.2, 0) is 15.1 Å². The fourth-order valence-corrected chi connectivity index (χ4v) is 2.21. The zero-order chi connectivity index (χ0) is 16.4. The molecule has 0 aromatic heterocycles. The minimum atomic E-state index is -4.43. The number of carbonyl (C=O) groups excluding carboxylic acids is 2. The Morgan fingerprint density at radius 1 is 1.23 bits per heavy atom. The van der Waals surface area contributed by atoms with Crippen molar-refractivity contribution in [3.8, 4) is 0 Å². The molecule has 0 aliphatic carbocycles. The van der Waals surface area contributed by atoms with Crippen LogP contribution in [0.5, 0.6) is 0 Å². The van der Waals surface area contributed by atoms with Crippen molar-refractivity contribution in [2.45, 2.75) is 18.6 Å². The Balaban J connectivity index is 2.00. The van der Waals surface area contributed by atoms with E-state index in [1.165, 1.54) is 0 Å². The second-order valence-corrected chi connectivity index (χ2v) is 5.05. The number of halogens is 3. The molecule has 0 bridgehead atoms. The SMILES string of the molecule is CC1(c2ccccc2)NC(=O)N(CCOCC(F)(F)F)C1=O.